The topological polar surface area (TPSA) is 29.5 Å². The molecular weight excluding hydrogens is 188 g/mol. The minimum Gasteiger partial charge on any atom is -0.491 e. The second kappa shape index (κ2) is 4.99. The average molecular weight is 206 g/mol. The van der Waals surface area contributed by atoms with Gasteiger partial charge >= 0.3 is 0 Å². The molecule has 0 saturated heterocycles. The summed E-state index contributed by atoms with van der Waals surface area (Å²) in [5.41, 5.74) is 1.88. The van der Waals surface area contributed by atoms with Crippen LogP contribution in [0, 0.1) is 6.92 Å². The van der Waals surface area contributed by atoms with Crippen molar-refractivity contribution in [3.63, 3.8) is 0 Å². The molecule has 0 aliphatic heterocycles. The molecule has 0 aromatic heterocycles. The van der Waals surface area contributed by atoms with Gasteiger partial charge in [-0.15, -0.1) is 6.58 Å². The van der Waals surface area contributed by atoms with Crippen molar-refractivity contribution in [2.75, 3.05) is 0 Å². The molecule has 1 atom stereocenters. The third-order valence-electron chi connectivity index (χ3n) is 2.07. The monoisotopic (exact) mass is 206 g/mol. The van der Waals surface area contributed by atoms with Gasteiger partial charge in [0.2, 0.25) is 0 Å². The summed E-state index contributed by atoms with van der Waals surface area (Å²) in [4.78, 5) is 0. The number of hydrogen-bond acceptors (Lipinski definition) is 2. The Morgan fingerprint density at radius 1 is 1.40 bits per heavy atom. The lowest BCUT2D eigenvalue weighted by Crippen LogP contribution is -2.08. The van der Waals surface area contributed by atoms with Gasteiger partial charge in [-0.1, -0.05) is 17.7 Å². The number of aliphatic hydroxyl groups excluding tert-OH is 1. The lowest BCUT2D eigenvalue weighted by atomic mass is 10.1. The van der Waals surface area contributed by atoms with E-state index in [0.29, 0.717) is 0 Å². The fourth-order valence-electron chi connectivity index (χ4n) is 1.39. The standard InChI is InChI=1S/C13H18O2/c1-5-12(14)11-8-10(4)6-7-13(11)15-9(2)3/h5-9,12,14H,1H2,2-4H3. The lowest BCUT2D eigenvalue weighted by molar-refractivity contribution is 0.203. The van der Waals surface area contributed by atoms with Crippen LogP contribution in [-0.4, -0.2) is 11.2 Å². The van der Waals surface area contributed by atoms with Crippen molar-refractivity contribution in [2.24, 2.45) is 0 Å². The number of ether oxygens (including phenoxy) is 1. The Hall–Kier alpha value is -1.28. The number of rotatable bonds is 4. The molecule has 0 radical (unpaired) electrons. The van der Waals surface area contributed by atoms with Gasteiger partial charge in [-0.05, 0) is 32.9 Å². The number of benzene rings is 1. The van der Waals surface area contributed by atoms with Crippen molar-refractivity contribution in [3.05, 3.63) is 42.0 Å². The van der Waals surface area contributed by atoms with Crippen LogP contribution in [-0.2, 0) is 0 Å². The second-order valence-corrected chi connectivity index (χ2v) is 3.89. The SMILES string of the molecule is C=CC(O)c1cc(C)ccc1OC(C)C. The molecule has 0 bridgehead atoms. The van der Waals surface area contributed by atoms with E-state index in [-0.39, 0.29) is 6.10 Å². The molecule has 1 N–H and O–H groups in total. The maximum absolute atomic E-state index is 9.75. The smallest absolute Gasteiger partial charge is 0.125 e. The maximum atomic E-state index is 9.75. The Balaban J connectivity index is 3.08. The Morgan fingerprint density at radius 2 is 2.07 bits per heavy atom. The molecule has 0 spiro atoms. The van der Waals surface area contributed by atoms with Crippen LogP contribution in [0.1, 0.15) is 31.1 Å². The number of aryl methyl sites for hydroxylation is 1. The zero-order valence-electron chi connectivity index (χ0n) is 9.53. The number of hydrogen-bond donors (Lipinski definition) is 1. The third kappa shape index (κ3) is 3.10. The van der Waals surface area contributed by atoms with Crippen molar-refractivity contribution in [1.82, 2.24) is 0 Å². The van der Waals surface area contributed by atoms with E-state index in [1.165, 1.54) is 6.08 Å². The van der Waals surface area contributed by atoms with Gasteiger partial charge < -0.3 is 9.84 Å². The van der Waals surface area contributed by atoms with E-state index in [9.17, 15) is 5.11 Å². The molecule has 0 fully saturated rings. The van der Waals surface area contributed by atoms with Crippen molar-refractivity contribution in [3.8, 4) is 5.75 Å². The van der Waals surface area contributed by atoms with Crippen LogP contribution in [0.5, 0.6) is 5.75 Å². The van der Waals surface area contributed by atoms with Crippen LogP contribution in [0.25, 0.3) is 0 Å². The van der Waals surface area contributed by atoms with Gasteiger partial charge in [-0.2, -0.15) is 0 Å². The van der Waals surface area contributed by atoms with Gasteiger partial charge in [0.05, 0.1) is 6.10 Å². The van der Waals surface area contributed by atoms with Crippen molar-refractivity contribution < 1.29 is 9.84 Å². The van der Waals surface area contributed by atoms with Gasteiger partial charge in [-0.3, -0.25) is 0 Å². The molecule has 1 aromatic carbocycles. The molecule has 0 amide bonds. The van der Waals surface area contributed by atoms with Crippen LogP contribution in [0.15, 0.2) is 30.9 Å². The van der Waals surface area contributed by atoms with E-state index in [2.05, 4.69) is 6.58 Å². The molecular formula is C13H18O2. The van der Waals surface area contributed by atoms with Gasteiger partial charge in [0.15, 0.2) is 0 Å². The van der Waals surface area contributed by atoms with E-state index >= 15 is 0 Å². The highest BCUT2D eigenvalue weighted by Gasteiger charge is 2.11. The zero-order chi connectivity index (χ0) is 11.4. The maximum Gasteiger partial charge on any atom is 0.125 e. The van der Waals surface area contributed by atoms with E-state index < -0.39 is 6.10 Å². The van der Waals surface area contributed by atoms with Crippen LogP contribution >= 0.6 is 0 Å². The van der Waals surface area contributed by atoms with Crippen LogP contribution in [0.4, 0.5) is 0 Å². The third-order valence-corrected chi connectivity index (χ3v) is 2.07. The molecule has 15 heavy (non-hydrogen) atoms. The van der Waals surface area contributed by atoms with E-state index in [0.717, 1.165) is 16.9 Å². The first-order chi connectivity index (χ1) is 7.04. The minimum absolute atomic E-state index is 0.100. The molecule has 2 heteroatoms. The summed E-state index contributed by atoms with van der Waals surface area (Å²) < 4.78 is 5.62. The average Bonchev–Trinajstić information content (AvgIpc) is 2.19. The Kier molecular flexibility index (Phi) is 3.92. The molecule has 1 aromatic rings. The fraction of sp³-hybridized carbons (Fsp3) is 0.385. The van der Waals surface area contributed by atoms with Crippen molar-refractivity contribution in [2.45, 2.75) is 33.0 Å². The van der Waals surface area contributed by atoms with E-state index in [4.69, 9.17) is 4.74 Å². The predicted octanol–water partition coefficient (Wildman–Crippen LogP) is 3.00. The normalized spacial score (nSPS) is 12.6. The van der Waals surface area contributed by atoms with Crippen LogP contribution in [0.2, 0.25) is 0 Å². The van der Waals surface area contributed by atoms with Crippen molar-refractivity contribution in [1.29, 1.82) is 0 Å². The molecule has 0 saturated carbocycles. The first-order valence-corrected chi connectivity index (χ1v) is 5.12. The summed E-state index contributed by atoms with van der Waals surface area (Å²) in [6.45, 7) is 9.49. The first kappa shape index (κ1) is 11.8. The number of aliphatic hydroxyl groups is 1. The highest BCUT2D eigenvalue weighted by Crippen LogP contribution is 2.27. The second-order valence-electron chi connectivity index (χ2n) is 3.89. The largest absolute Gasteiger partial charge is 0.491 e. The lowest BCUT2D eigenvalue weighted by Gasteiger charge is -2.16. The molecule has 1 rings (SSSR count). The predicted molar refractivity (Wildman–Crippen MR) is 62.1 cm³/mol. The molecule has 0 aliphatic rings. The molecule has 82 valence electrons. The van der Waals surface area contributed by atoms with Gasteiger partial charge in [0.1, 0.15) is 11.9 Å². The van der Waals surface area contributed by atoms with Gasteiger partial charge in [0, 0.05) is 5.56 Å². The Labute approximate surface area is 91.2 Å². The fourth-order valence-corrected chi connectivity index (χ4v) is 1.39. The summed E-state index contributed by atoms with van der Waals surface area (Å²) >= 11 is 0. The van der Waals surface area contributed by atoms with Crippen molar-refractivity contribution >= 4 is 0 Å². The molecule has 0 heterocycles. The van der Waals surface area contributed by atoms with E-state index in [1.807, 2.05) is 39.0 Å². The summed E-state index contributed by atoms with van der Waals surface area (Å²) in [5, 5.41) is 9.75. The Morgan fingerprint density at radius 3 is 2.60 bits per heavy atom. The summed E-state index contributed by atoms with van der Waals surface area (Å²) in [5.74, 6) is 0.725. The van der Waals surface area contributed by atoms with Gasteiger partial charge in [0.25, 0.3) is 0 Å². The zero-order valence-corrected chi connectivity index (χ0v) is 9.53. The summed E-state index contributed by atoms with van der Waals surface area (Å²) in [7, 11) is 0. The summed E-state index contributed by atoms with van der Waals surface area (Å²) in [6, 6.07) is 5.78. The first-order valence-electron chi connectivity index (χ1n) is 5.12. The molecule has 0 aliphatic carbocycles. The van der Waals surface area contributed by atoms with E-state index in [1.54, 1.807) is 0 Å². The summed E-state index contributed by atoms with van der Waals surface area (Å²) in [6.07, 6.45) is 0.934. The highest BCUT2D eigenvalue weighted by molar-refractivity contribution is 5.39. The van der Waals surface area contributed by atoms with Gasteiger partial charge in [-0.25, -0.2) is 0 Å². The Bertz CT molecular complexity index is 342. The molecule has 2 nitrogen and oxygen atoms in total. The van der Waals surface area contributed by atoms with Crippen LogP contribution < -0.4 is 4.74 Å². The highest BCUT2D eigenvalue weighted by atomic mass is 16.5. The minimum atomic E-state index is -0.668. The quantitative estimate of drug-likeness (QED) is 0.767. The van der Waals surface area contributed by atoms with Crippen LogP contribution in [0.3, 0.4) is 0 Å². The molecule has 1 unspecified atom stereocenters.